The monoisotopic (exact) mass is 773 g/mol. The quantitative estimate of drug-likeness (QED) is 0.0241. The average Bonchev–Trinajstić information content (AvgIpc) is 3.14. The van der Waals surface area contributed by atoms with E-state index in [0.717, 1.165) is 25.7 Å². The summed E-state index contributed by atoms with van der Waals surface area (Å²) in [7, 11) is -1.83. The maximum Gasteiger partial charge on any atom is 0.149 e. The van der Waals surface area contributed by atoms with Gasteiger partial charge in [0, 0.05) is 6.61 Å². The van der Waals surface area contributed by atoms with Crippen LogP contribution < -0.4 is 0 Å². The van der Waals surface area contributed by atoms with Crippen molar-refractivity contribution < 1.29 is 39.6 Å². The standard InChI is InChI=1S/C41H84O4.2H3O2P/c1-3-5-7-9-11-13-15-17-19-21-23-25-27-29-31-33-35-40(41(37-42,38-43)39-44)45-36-34-32-30-28-26-24-22-20-18-16-14-12-10-8-6-4-2;2*1-3-2/h40,42-44H,3-39H2,1-2H3;2*1-3H. The Morgan fingerprint density at radius 1 is 0.373 bits per heavy atom. The number of rotatable bonds is 39. The fourth-order valence-corrected chi connectivity index (χ4v) is 6.78. The molecule has 0 spiro atoms. The first-order valence-electron chi connectivity index (χ1n) is 21.5. The zero-order valence-electron chi connectivity index (χ0n) is 33.8. The van der Waals surface area contributed by atoms with Crippen LogP contribution in [-0.2, 0) is 4.74 Å². The highest BCUT2D eigenvalue weighted by atomic mass is 31.1. The van der Waals surface area contributed by atoms with E-state index >= 15 is 0 Å². The van der Waals surface area contributed by atoms with Crippen molar-refractivity contribution in [3.05, 3.63) is 0 Å². The lowest BCUT2D eigenvalue weighted by Gasteiger charge is -2.36. The van der Waals surface area contributed by atoms with Gasteiger partial charge in [0.05, 0.1) is 31.3 Å². The smallest absolute Gasteiger partial charge is 0.149 e. The van der Waals surface area contributed by atoms with Crippen LogP contribution in [0.15, 0.2) is 0 Å². The molecule has 0 aromatic rings. The molecule has 312 valence electrons. The number of hydrogen-bond donors (Lipinski definition) is 7. The molecule has 0 radical (unpaired) electrons. The molecular formula is C41H90O8P2. The first kappa shape index (κ1) is 55.9. The van der Waals surface area contributed by atoms with E-state index in [1.54, 1.807) is 0 Å². The second-order valence-electron chi connectivity index (χ2n) is 14.8. The molecule has 1 atom stereocenters. The Kier molecular flexibility index (Phi) is 55.4. The second kappa shape index (κ2) is 50.5. The molecule has 0 aromatic carbocycles. The molecule has 10 heteroatoms. The van der Waals surface area contributed by atoms with Crippen LogP contribution in [0.5, 0.6) is 0 Å². The molecule has 0 heterocycles. The number of aliphatic hydroxyl groups excluding tert-OH is 3. The van der Waals surface area contributed by atoms with Crippen LogP contribution in [0.4, 0.5) is 0 Å². The Hall–Kier alpha value is 0.540. The third-order valence-electron chi connectivity index (χ3n) is 10.3. The Labute approximate surface area is 320 Å². The molecule has 0 aromatic heterocycles. The molecule has 0 saturated heterocycles. The van der Waals surface area contributed by atoms with Gasteiger partial charge in [-0.05, 0) is 12.8 Å². The topological polar surface area (TPSA) is 151 Å². The van der Waals surface area contributed by atoms with Crippen LogP contribution in [0.3, 0.4) is 0 Å². The number of ether oxygens (including phenoxy) is 1. The van der Waals surface area contributed by atoms with E-state index in [9.17, 15) is 15.3 Å². The van der Waals surface area contributed by atoms with Crippen molar-refractivity contribution in [1.82, 2.24) is 0 Å². The lowest BCUT2D eigenvalue weighted by molar-refractivity contribution is -0.117. The maximum atomic E-state index is 10.0. The van der Waals surface area contributed by atoms with Crippen molar-refractivity contribution in [2.45, 2.75) is 232 Å². The molecule has 0 aliphatic carbocycles. The summed E-state index contributed by atoms with van der Waals surface area (Å²) in [5.74, 6) is 0. The number of aliphatic hydroxyl groups is 3. The first-order chi connectivity index (χ1) is 25.0. The third kappa shape index (κ3) is 43.1. The van der Waals surface area contributed by atoms with Gasteiger partial charge in [0.15, 0.2) is 0 Å². The molecule has 1 unspecified atom stereocenters. The van der Waals surface area contributed by atoms with Gasteiger partial charge in [0.1, 0.15) is 18.1 Å². The van der Waals surface area contributed by atoms with Gasteiger partial charge in [-0.25, -0.2) is 0 Å². The van der Waals surface area contributed by atoms with E-state index in [1.165, 1.54) is 186 Å². The van der Waals surface area contributed by atoms with Gasteiger partial charge in [0.25, 0.3) is 0 Å². The molecule has 0 amide bonds. The van der Waals surface area contributed by atoms with Crippen LogP contribution in [0.1, 0.15) is 226 Å². The SMILES string of the molecule is CCCCCCCCCCCCCCCCCCOC(CCCCCCCCCCCCCCCCCC)C(CO)(CO)CO.OPO.OPO. The minimum absolute atomic E-state index is 0.234. The van der Waals surface area contributed by atoms with Crippen LogP contribution in [0, 0.1) is 5.41 Å². The summed E-state index contributed by atoms with van der Waals surface area (Å²) in [6.07, 6.45) is 43.7. The summed E-state index contributed by atoms with van der Waals surface area (Å²) in [6.45, 7) is 4.53. The molecular weight excluding hydrogens is 682 g/mol. The van der Waals surface area contributed by atoms with E-state index < -0.39 is 23.5 Å². The lowest BCUT2D eigenvalue weighted by Crippen LogP contribution is -2.46. The van der Waals surface area contributed by atoms with Crippen molar-refractivity contribution in [3.63, 3.8) is 0 Å². The van der Waals surface area contributed by atoms with E-state index in [2.05, 4.69) is 13.8 Å². The van der Waals surface area contributed by atoms with Gasteiger partial charge in [0.2, 0.25) is 0 Å². The van der Waals surface area contributed by atoms with E-state index in [0.29, 0.717) is 6.61 Å². The van der Waals surface area contributed by atoms with Gasteiger partial charge in [-0.15, -0.1) is 0 Å². The van der Waals surface area contributed by atoms with Crippen molar-refractivity contribution in [2.75, 3.05) is 26.4 Å². The summed E-state index contributed by atoms with van der Waals surface area (Å²) in [4.78, 5) is 28.6. The number of hydrogen-bond acceptors (Lipinski definition) is 8. The minimum atomic E-state index is -0.940. The zero-order valence-corrected chi connectivity index (χ0v) is 35.8. The lowest BCUT2D eigenvalue weighted by atomic mass is 9.81. The predicted octanol–water partition coefficient (Wildman–Crippen LogP) is 11.2. The van der Waals surface area contributed by atoms with Gasteiger partial charge < -0.3 is 39.6 Å². The summed E-state index contributed by atoms with van der Waals surface area (Å²) in [6, 6.07) is 0. The van der Waals surface area contributed by atoms with Crippen molar-refractivity contribution >= 4 is 18.1 Å². The van der Waals surface area contributed by atoms with Gasteiger partial charge >= 0.3 is 0 Å². The van der Waals surface area contributed by atoms with Gasteiger partial charge in [-0.1, -0.05) is 213 Å². The van der Waals surface area contributed by atoms with Crippen LogP contribution in [0.25, 0.3) is 0 Å². The molecule has 7 N–H and O–H groups in total. The molecule has 0 saturated carbocycles. The molecule has 0 fully saturated rings. The first-order valence-corrected chi connectivity index (χ1v) is 23.3. The van der Waals surface area contributed by atoms with Crippen LogP contribution in [-0.4, -0.2) is 67.4 Å². The zero-order chi connectivity index (χ0) is 38.4. The van der Waals surface area contributed by atoms with E-state index in [-0.39, 0.29) is 25.9 Å². The average molecular weight is 773 g/mol. The summed E-state index contributed by atoms with van der Waals surface area (Å²) in [5.41, 5.74) is -0.940. The highest BCUT2D eigenvalue weighted by Crippen LogP contribution is 2.28. The summed E-state index contributed by atoms with van der Waals surface area (Å²) >= 11 is 0. The fraction of sp³-hybridized carbons (Fsp3) is 1.00. The Balaban J connectivity index is -0.00000356. The Morgan fingerprint density at radius 2 is 0.588 bits per heavy atom. The third-order valence-corrected chi connectivity index (χ3v) is 10.3. The molecule has 0 rings (SSSR count). The highest BCUT2D eigenvalue weighted by molar-refractivity contribution is 7.23. The van der Waals surface area contributed by atoms with Gasteiger partial charge in [-0.3, -0.25) is 0 Å². The molecule has 0 aliphatic rings. The molecule has 0 bridgehead atoms. The maximum absolute atomic E-state index is 10.0. The Morgan fingerprint density at radius 3 is 0.824 bits per heavy atom. The predicted molar refractivity (Wildman–Crippen MR) is 223 cm³/mol. The highest BCUT2D eigenvalue weighted by Gasteiger charge is 2.38. The largest absolute Gasteiger partial charge is 0.396 e. The normalized spacial score (nSPS) is 11.9. The fourth-order valence-electron chi connectivity index (χ4n) is 6.78. The number of unbranched alkanes of at least 4 members (excludes halogenated alkanes) is 30. The summed E-state index contributed by atoms with van der Waals surface area (Å²) < 4.78 is 6.24. The van der Waals surface area contributed by atoms with Crippen LogP contribution >= 0.6 is 18.1 Å². The minimum Gasteiger partial charge on any atom is -0.396 e. The van der Waals surface area contributed by atoms with Crippen molar-refractivity contribution in [1.29, 1.82) is 0 Å². The molecule has 8 nitrogen and oxygen atoms in total. The van der Waals surface area contributed by atoms with E-state index in [1.807, 2.05) is 0 Å². The van der Waals surface area contributed by atoms with Crippen molar-refractivity contribution in [2.24, 2.45) is 5.41 Å². The second-order valence-corrected chi connectivity index (χ2v) is 15.2. The van der Waals surface area contributed by atoms with Gasteiger partial charge in [-0.2, -0.15) is 0 Å². The molecule has 51 heavy (non-hydrogen) atoms. The summed E-state index contributed by atoms with van der Waals surface area (Å²) in [5, 5.41) is 30.1. The van der Waals surface area contributed by atoms with Crippen molar-refractivity contribution in [3.8, 4) is 0 Å². The van der Waals surface area contributed by atoms with Crippen LogP contribution in [0.2, 0.25) is 0 Å². The molecule has 0 aliphatic heterocycles. The van der Waals surface area contributed by atoms with E-state index in [4.69, 9.17) is 24.3 Å². The Bertz CT molecular complexity index is 578.